The molecule has 0 saturated carbocycles. The SMILES string of the molecule is CCC(CC)NCCc1ccc(F)c2[nH]ncc12. The van der Waals surface area contributed by atoms with E-state index in [9.17, 15) is 4.39 Å². The molecule has 1 heterocycles. The Morgan fingerprint density at radius 1 is 1.33 bits per heavy atom. The largest absolute Gasteiger partial charge is 0.314 e. The molecule has 0 unspecified atom stereocenters. The predicted octanol–water partition coefficient (Wildman–Crippen LogP) is 3.02. The summed E-state index contributed by atoms with van der Waals surface area (Å²) in [4.78, 5) is 0. The number of aromatic amines is 1. The zero-order valence-corrected chi connectivity index (χ0v) is 11.0. The van der Waals surface area contributed by atoms with E-state index in [0.29, 0.717) is 11.6 Å². The summed E-state index contributed by atoms with van der Waals surface area (Å²) in [7, 11) is 0. The highest BCUT2D eigenvalue weighted by Crippen LogP contribution is 2.19. The number of benzene rings is 1. The summed E-state index contributed by atoms with van der Waals surface area (Å²) in [5, 5.41) is 11.0. The van der Waals surface area contributed by atoms with Gasteiger partial charge in [0, 0.05) is 11.4 Å². The Morgan fingerprint density at radius 3 is 2.83 bits per heavy atom. The molecule has 0 saturated heterocycles. The van der Waals surface area contributed by atoms with Gasteiger partial charge in [-0.3, -0.25) is 5.10 Å². The van der Waals surface area contributed by atoms with E-state index < -0.39 is 0 Å². The van der Waals surface area contributed by atoms with Crippen molar-refractivity contribution in [3.05, 3.63) is 29.7 Å². The highest BCUT2D eigenvalue weighted by molar-refractivity contribution is 5.82. The highest BCUT2D eigenvalue weighted by atomic mass is 19.1. The zero-order valence-electron chi connectivity index (χ0n) is 11.0. The van der Waals surface area contributed by atoms with E-state index >= 15 is 0 Å². The lowest BCUT2D eigenvalue weighted by atomic mass is 10.1. The number of aromatic nitrogens is 2. The van der Waals surface area contributed by atoms with Gasteiger partial charge >= 0.3 is 0 Å². The van der Waals surface area contributed by atoms with Crippen molar-refractivity contribution in [2.75, 3.05) is 6.54 Å². The highest BCUT2D eigenvalue weighted by Gasteiger charge is 2.08. The first-order valence-corrected chi connectivity index (χ1v) is 6.60. The number of nitrogens with zero attached hydrogens (tertiary/aromatic N) is 1. The van der Waals surface area contributed by atoms with Gasteiger partial charge in [0.15, 0.2) is 0 Å². The molecule has 2 N–H and O–H groups in total. The quantitative estimate of drug-likeness (QED) is 0.826. The Kier molecular flexibility index (Phi) is 4.31. The fourth-order valence-corrected chi connectivity index (χ4v) is 2.26. The van der Waals surface area contributed by atoms with E-state index in [1.54, 1.807) is 6.20 Å². The molecule has 3 nitrogen and oxygen atoms in total. The van der Waals surface area contributed by atoms with Crippen LogP contribution in [0.4, 0.5) is 4.39 Å². The van der Waals surface area contributed by atoms with Crippen molar-refractivity contribution in [3.63, 3.8) is 0 Å². The first-order chi connectivity index (χ1) is 8.76. The number of fused-ring (bicyclic) bond motifs is 1. The van der Waals surface area contributed by atoms with Crippen LogP contribution < -0.4 is 5.32 Å². The van der Waals surface area contributed by atoms with Crippen molar-refractivity contribution >= 4 is 10.9 Å². The van der Waals surface area contributed by atoms with Crippen LogP contribution in [0, 0.1) is 5.82 Å². The Morgan fingerprint density at radius 2 is 2.11 bits per heavy atom. The Labute approximate surface area is 107 Å². The molecular formula is C14H20FN3. The van der Waals surface area contributed by atoms with Gasteiger partial charge < -0.3 is 5.32 Å². The summed E-state index contributed by atoms with van der Waals surface area (Å²) in [6.45, 7) is 5.29. The van der Waals surface area contributed by atoms with E-state index in [1.165, 1.54) is 6.07 Å². The van der Waals surface area contributed by atoms with E-state index in [0.717, 1.165) is 36.8 Å². The topological polar surface area (TPSA) is 40.7 Å². The van der Waals surface area contributed by atoms with E-state index in [1.807, 2.05) is 6.07 Å². The van der Waals surface area contributed by atoms with Crippen LogP contribution in [-0.4, -0.2) is 22.8 Å². The molecule has 2 rings (SSSR count). The third kappa shape index (κ3) is 2.70. The van der Waals surface area contributed by atoms with Gasteiger partial charge in [0.1, 0.15) is 11.3 Å². The molecule has 0 fully saturated rings. The molecule has 0 atom stereocenters. The standard InChI is InChI=1S/C14H20FN3/c1-3-11(4-2)16-8-7-10-5-6-13(15)14-12(10)9-17-18-14/h5-6,9,11,16H,3-4,7-8H2,1-2H3,(H,17,18). The number of rotatable bonds is 6. The van der Waals surface area contributed by atoms with Gasteiger partial charge in [0.05, 0.1) is 6.20 Å². The van der Waals surface area contributed by atoms with Crippen molar-refractivity contribution in [3.8, 4) is 0 Å². The molecular weight excluding hydrogens is 229 g/mol. The van der Waals surface area contributed by atoms with Gasteiger partial charge in [-0.15, -0.1) is 0 Å². The van der Waals surface area contributed by atoms with Gasteiger partial charge in [-0.1, -0.05) is 19.9 Å². The van der Waals surface area contributed by atoms with Crippen molar-refractivity contribution in [2.24, 2.45) is 0 Å². The lowest BCUT2D eigenvalue weighted by Gasteiger charge is -2.14. The normalized spacial score (nSPS) is 11.6. The molecule has 0 amide bonds. The van der Waals surface area contributed by atoms with E-state index in [-0.39, 0.29) is 5.82 Å². The second-order valence-electron chi connectivity index (χ2n) is 4.58. The maximum atomic E-state index is 13.5. The van der Waals surface area contributed by atoms with Crippen molar-refractivity contribution in [2.45, 2.75) is 39.2 Å². The fourth-order valence-electron chi connectivity index (χ4n) is 2.26. The zero-order chi connectivity index (χ0) is 13.0. The van der Waals surface area contributed by atoms with Gasteiger partial charge in [-0.2, -0.15) is 5.10 Å². The Hall–Kier alpha value is -1.42. The lowest BCUT2D eigenvalue weighted by molar-refractivity contribution is 0.488. The van der Waals surface area contributed by atoms with Gasteiger partial charge in [0.25, 0.3) is 0 Å². The van der Waals surface area contributed by atoms with Crippen LogP contribution in [0.3, 0.4) is 0 Å². The van der Waals surface area contributed by atoms with Gasteiger partial charge in [-0.05, 0) is 37.4 Å². The summed E-state index contributed by atoms with van der Waals surface area (Å²) in [6.07, 6.45) is 4.87. The molecule has 0 bridgehead atoms. The minimum Gasteiger partial charge on any atom is -0.314 e. The molecule has 0 radical (unpaired) electrons. The molecule has 98 valence electrons. The summed E-state index contributed by atoms with van der Waals surface area (Å²) >= 11 is 0. The summed E-state index contributed by atoms with van der Waals surface area (Å²) < 4.78 is 13.5. The van der Waals surface area contributed by atoms with Crippen LogP contribution in [0.2, 0.25) is 0 Å². The molecule has 4 heteroatoms. The smallest absolute Gasteiger partial charge is 0.148 e. The van der Waals surface area contributed by atoms with Crippen LogP contribution >= 0.6 is 0 Å². The average Bonchev–Trinajstić information content (AvgIpc) is 2.87. The van der Waals surface area contributed by atoms with Crippen LogP contribution in [0.1, 0.15) is 32.3 Å². The van der Waals surface area contributed by atoms with E-state index in [4.69, 9.17) is 0 Å². The van der Waals surface area contributed by atoms with Crippen LogP contribution in [0.25, 0.3) is 10.9 Å². The summed E-state index contributed by atoms with van der Waals surface area (Å²) in [5.74, 6) is -0.237. The lowest BCUT2D eigenvalue weighted by Crippen LogP contribution is -2.29. The van der Waals surface area contributed by atoms with Crippen molar-refractivity contribution in [1.82, 2.24) is 15.5 Å². The van der Waals surface area contributed by atoms with E-state index in [2.05, 4.69) is 29.4 Å². The molecule has 1 aromatic carbocycles. The number of hydrogen-bond acceptors (Lipinski definition) is 2. The maximum Gasteiger partial charge on any atom is 0.148 e. The number of halogens is 1. The van der Waals surface area contributed by atoms with Crippen LogP contribution in [0.15, 0.2) is 18.3 Å². The van der Waals surface area contributed by atoms with Gasteiger partial charge in [-0.25, -0.2) is 4.39 Å². The predicted molar refractivity (Wildman–Crippen MR) is 72.1 cm³/mol. The third-order valence-corrected chi connectivity index (χ3v) is 3.47. The molecule has 18 heavy (non-hydrogen) atoms. The Balaban J connectivity index is 2.04. The summed E-state index contributed by atoms with van der Waals surface area (Å²) in [5.41, 5.74) is 1.65. The van der Waals surface area contributed by atoms with Crippen molar-refractivity contribution < 1.29 is 4.39 Å². The van der Waals surface area contributed by atoms with Crippen molar-refractivity contribution in [1.29, 1.82) is 0 Å². The first kappa shape index (κ1) is 13.0. The molecule has 0 aliphatic rings. The molecule has 0 aliphatic carbocycles. The second-order valence-corrected chi connectivity index (χ2v) is 4.58. The first-order valence-electron chi connectivity index (χ1n) is 6.60. The summed E-state index contributed by atoms with van der Waals surface area (Å²) in [6, 6.07) is 3.93. The molecule has 0 spiro atoms. The fraction of sp³-hybridized carbons (Fsp3) is 0.500. The second kappa shape index (κ2) is 5.96. The Bertz CT molecular complexity index is 503. The maximum absolute atomic E-state index is 13.5. The average molecular weight is 249 g/mol. The van der Waals surface area contributed by atoms with Crippen LogP contribution in [0.5, 0.6) is 0 Å². The number of hydrogen-bond donors (Lipinski definition) is 2. The molecule has 2 aromatic rings. The minimum atomic E-state index is -0.237. The number of H-pyrrole nitrogens is 1. The van der Waals surface area contributed by atoms with Crippen LogP contribution in [-0.2, 0) is 6.42 Å². The molecule has 0 aliphatic heterocycles. The number of nitrogens with one attached hydrogen (secondary N) is 2. The monoisotopic (exact) mass is 249 g/mol. The minimum absolute atomic E-state index is 0.237. The molecule has 1 aromatic heterocycles. The van der Waals surface area contributed by atoms with Gasteiger partial charge in [0.2, 0.25) is 0 Å². The third-order valence-electron chi connectivity index (χ3n) is 3.47.